The minimum Gasteiger partial charge on any atom is -0.236 e. The highest BCUT2D eigenvalue weighted by molar-refractivity contribution is 5.81. The van der Waals surface area contributed by atoms with Crippen LogP contribution in [-0.4, -0.2) is 9.97 Å². The van der Waals surface area contributed by atoms with Gasteiger partial charge in [-0.1, -0.05) is 48.5 Å². The summed E-state index contributed by atoms with van der Waals surface area (Å²) < 4.78 is 0. The molecule has 0 fully saturated rings. The van der Waals surface area contributed by atoms with Crippen LogP contribution in [0.25, 0.3) is 22.5 Å². The van der Waals surface area contributed by atoms with Crippen LogP contribution in [0.1, 0.15) is 16.7 Å². The van der Waals surface area contributed by atoms with Gasteiger partial charge in [0.2, 0.25) is 0 Å². The lowest BCUT2D eigenvalue weighted by Crippen LogP contribution is -1.94. The number of fused-ring (bicyclic) bond motifs is 3. The molecular formula is C18H14N2. The largest absolute Gasteiger partial charge is 0.236 e. The van der Waals surface area contributed by atoms with Gasteiger partial charge in [0, 0.05) is 23.1 Å². The maximum absolute atomic E-state index is 4.52. The molecular weight excluding hydrogens is 244 g/mol. The molecule has 0 radical (unpaired) electrons. The highest BCUT2D eigenvalue weighted by Gasteiger charge is 2.24. The van der Waals surface area contributed by atoms with Crippen LogP contribution in [0.4, 0.5) is 0 Å². The van der Waals surface area contributed by atoms with Crippen molar-refractivity contribution in [3.8, 4) is 22.5 Å². The van der Waals surface area contributed by atoms with Gasteiger partial charge in [-0.15, -0.1) is 0 Å². The first-order chi connectivity index (χ1) is 9.84. The Morgan fingerprint density at radius 3 is 2.45 bits per heavy atom. The zero-order valence-corrected chi connectivity index (χ0v) is 11.3. The molecule has 1 heterocycles. The van der Waals surface area contributed by atoms with E-state index in [1.807, 2.05) is 6.07 Å². The second-order valence-corrected chi connectivity index (χ2v) is 5.19. The normalized spacial score (nSPS) is 12.1. The fourth-order valence-corrected chi connectivity index (χ4v) is 2.99. The minimum atomic E-state index is 0.933. The lowest BCUT2D eigenvalue weighted by Gasteiger charge is -2.06. The number of hydrogen-bond acceptors (Lipinski definition) is 2. The van der Waals surface area contributed by atoms with Crippen molar-refractivity contribution in [1.29, 1.82) is 0 Å². The Labute approximate surface area is 118 Å². The first-order valence-electron chi connectivity index (χ1n) is 6.83. The van der Waals surface area contributed by atoms with E-state index in [4.69, 9.17) is 0 Å². The SMILES string of the molecule is Cc1cccc2c1Cc1c(-c3ccccc3)ncnc1-2. The van der Waals surface area contributed by atoms with E-state index in [0.717, 1.165) is 23.4 Å². The molecule has 0 spiro atoms. The Balaban J connectivity index is 1.96. The molecule has 0 bridgehead atoms. The van der Waals surface area contributed by atoms with Crippen LogP contribution in [-0.2, 0) is 6.42 Å². The highest BCUT2D eigenvalue weighted by Crippen LogP contribution is 2.40. The van der Waals surface area contributed by atoms with E-state index < -0.39 is 0 Å². The predicted octanol–water partition coefficient (Wildman–Crippen LogP) is 4.02. The van der Waals surface area contributed by atoms with Crippen molar-refractivity contribution in [2.24, 2.45) is 0 Å². The molecule has 1 aromatic heterocycles. The van der Waals surface area contributed by atoms with Crippen LogP contribution < -0.4 is 0 Å². The Hall–Kier alpha value is -2.48. The molecule has 2 heteroatoms. The van der Waals surface area contributed by atoms with Crippen molar-refractivity contribution in [3.05, 3.63) is 71.5 Å². The molecule has 0 saturated heterocycles. The number of hydrogen-bond donors (Lipinski definition) is 0. The quantitative estimate of drug-likeness (QED) is 0.515. The molecule has 0 N–H and O–H groups in total. The summed E-state index contributed by atoms with van der Waals surface area (Å²) in [7, 11) is 0. The monoisotopic (exact) mass is 258 g/mol. The zero-order valence-electron chi connectivity index (χ0n) is 11.3. The van der Waals surface area contributed by atoms with Gasteiger partial charge in [-0.05, 0) is 18.1 Å². The van der Waals surface area contributed by atoms with Gasteiger partial charge < -0.3 is 0 Å². The van der Waals surface area contributed by atoms with Crippen molar-refractivity contribution in [3.63, 3.8) is 0 Å². The Bertz CT molecular complexity index is 792. The van der Waals surface area contributed by atoms with Gasteiger partial charge in [0.15, 0.2) is 0 Å². The molecule has 0 atom stereocenters. The van der Waals surface area contributed by atoms with Gasteiger partial charge in [0.25, 0.3) is 0 Å². The van der Waals surface area contributed by atoms with Crippen molar-refractivity contribution < 1.29 is 0 Å². The van der Waals surface area contributed by atoms with Gasteiger partial charge in [0.1, 0.15) is 6.33 Å². The fourth-order valence-electron chi connectivity index (χ4n) is 2.99. The summed E-state index contributed by atoms with van der Waals surface area (Å²) in [5.41, 5.74) is 8.56. The summed E-state index contributed by atoms with van der Waals surface area (Å²) in [6, 6.07) is 16.8. The maximum atomic E-state index is 4.52. The van der Waals surface area contributed by atoms with Gasteiger partial charge in [-0.25, -0.2) is 9.97 Å². The molecule has 2 aromatic carbocycles. The average Bonchev–Trinajstić information content (AvgIpc) is 2.88. The van der Waals surface area contributed by atoms with Crippen molar-refractivity contribution >= 4 is 0 Å². The molecule has 4 rings (SSSR count). The highest BCUT2D eigenvalue weighted by atomic mass is 14.9. The van der Waals surface area contributed by atoms with E-state index in [1.54, 1.807) is 6.33 Å². The first kappa shape index (κ1) is 11.4. The van der Waals surface area contributed by atoms with E-state index in [2.05, 4.69) is 59.4 Å². The number of aromatic nitrogens is 2. The molecule has 0 saturated carbocycles. The maximum Gasteiger partial charge on any atom is 0.116 e. The third kappa shape index (κ3) is 1.58. The van der Waals surface area contributed by atoms with Gasteiger partial charge >= 0.3 is 0 Å². The van der Waals surface area contributed by atoms with Gasteiger partial charge in [-0.2, -0.15) is 0 Å². The Morgan fingerprint density at radius 1 is 0.800 bits per heavy atom. The molecule has 20 heavy (non-hydrogen) atoms. The van der Waals surface area contributed by atoms with E-state index in [0.29, 0.717) is 0 Å². The van der Waals surface area contributed by atoms with E-state index in [-0.39, 0.29) is 0 Å². The van der Waals surface area contributed by atoms with Gasteiger partial charge in [0.05, 0.1) is 11.4 Å². The first-order valence-corrected chi connectivity index (χ1v) is 6.83. The Morgan fingerprint density at radius 2 is 1.60 bits per heavy atom. The van der Waals surface area contributed by atoms with Crippen LogP contribution >= 0.6 is 0 Å². The molecule has 3 aromatic rings. The van der Waals surface area contributed by atoms with Crippen molar-refractivity contribution in [1.82, 2.24) is 9.97 Å². The third-order valence-corrected chi connectivity index (χ3v) is 4.01. The lowest BCUT2D eigenvalue weighted by molar-refractivity contribution is 1.12. The zero-order chi connectivity index (χ0) is 13.5. The lowest BCUT2D eigenvalue weighted by atomic mass is 10.0. The number of nitrogens with zero attached hydrogens (tertiary/aromatic N) is 2. The van der Waals surface area contributed by atoms with E-state index in [9.17, 15) is 0 Å². The number of aryl methyl sites for hydroxylation is 1. The summed E-state index contributed by atoms with van der Waals surface area (Å²) >= 11 is 0. The molecule has 0 amide bonds. The molecule has 2 nitrogen and oxygen atoms in total. The molecule has 0 aliphatic heterocycles. The average molecular weight is 258 g/mol. The summed E-state index contributed by atoms with van der Waals surface area (Å²) in [6.45, 7) is 2.17. The van der Waals surface area contributed by atoms with Crippen LogP contribution in [0, 0.1) is 6.92 Å². The smallest absolute Gasteiger partial charge is 0.116 e. The summed E-state index contributed by atoms with van der Waals surface area (Å²) in [6.07, 6.45) is 2.61. The minimum absolute atomic E-state index is 0.933. The van der Waals surface area contributed by atoms with Crippen LogP contribution in [0.5, 0.6) is 0 Å². The second-order valence-electron chi connectivity index (χ2n) is 5.19. The summed E-state index contributed by atoms with van der Waals surface area (Å²) in [4.78, 5) is 9.04. The fraction of sp³-hybridized carbons (Fsp3) is 0.111. The van der Waals surface area contributed by atoms with Gasteiger partial charge in [-0.3, -0.25) is 0 Å². The molecule has 0 unspecified atom stereocenters. The standard InChI is InChI=1S/C18H14N2/c1-12-6-5-9-14-15(12)10-16-17(19-11-20-18(14)16)13-7-3-2-4-8-13/h2-9,11H,10H2,1H3. The van der Waals surface area contributed by atoms with Crippen LogP contribution in [0.3, 0.4) is 0 Å². The third-order valence-electron chi connectivity index (χ3n) is 4.01. The van der Waals surface area contributed by atoms with E-state index in [1.165, 1.54) is 22.3 Å². The number of benzene rings is 2. The van der Waals surface area contributed by atoms with Crippen LogP contribution in [0.2, 0.25) is 0 Å². The van der Waals surface area contributed by atoms with E-state index >= 15 is 0 Å². The van der Waals surface area contributed by atoms with Crippen molar-refractivity contribution in [2.45, 2.75) is 13.3 Å². The molecule has 96 valence electrons. The summed E-state index contributed by atoms with van der Waals surface area (Å²) in [5, 5.41) is 0. The Kier molecular flexibility index (Phi) is 2.43. The summed E-state index contributed by atoms with van der Waals surface area (Å²) in [5.74, 6) is 0. The topological polar surface area (TPSA) is 25.8 Å². The molecule has 1 aliphatic rings. The number of rotatable bonds is 1. The molecule has 1 aliphatic carbocycles. The van der Waals surface area contributed by atoms with Crippen molar-refractivity contribution in [2.75, 3.05) is 0 Å². The van der Waals surface area contributed by atoms with Crippen LogP contribution in [0.15, 0.2) is 54.9 Å². The predicted molar refractivity (Wildman–Crippen MR) is 80.4 cm³/mol. The second kappa shape index (κ2) is 4.27.